The summed E-state index contributed by atoms with van der Waals surface area (Å²) in [4.78, 5) is 11.1. The monoisotopic (exact) mass is 218 g/mol. The first-order valence-electron chi connectivity index (χ1n) is 4.95. The molecular formula is C12H11FN2O. The van der Waals surface area contributed by atoms with Gasteiger partial charge in [0.1, 0.15) is 5.82 Å². The molecule has 0 radical (unpaired) electrons. The van der Waals surface area contributed by atoms with Crippen LogP contribution >= 0.6 is 0 Å². The second kappa shape index (κ2) is 4.26. The minimum Gasteiger partial charge on any atom is -0.273 e. The molecule has 16 heavy (non-hydrogen) atoms. The van der Waals surface area contributed by atoms with E-state index in [1.54, 1.807) is 12.1 Å². The predicted octanol–water partition coefficient (Wildman–Crippen LogP) is 2.10. The summed E-state index contributed by atoms with van der Waals surface area (Å²) in [5.41, 5.74) is 4.90. The summed E-state index contributed by atoms with van der Waals surface area (Å²) in [5, 5.41) is 3.88. The van der Waals surface area contributed by atoms with Gasteiger partial charge in [-0.1, -0.05) is 12.1 Å². The van der Waals surface area contributed by atoms with E-state index in [0.29, 0.717) is 6.42 Å². The highest BCUT2D eigenvalue weighted by Gasteiger charge is 2.13. The first kappa shape index (κ1) is 10.5. The maximum absolute atomic E-state index is 12.7. The van der Waals surface area contributed by atoms with Crippen LogP contribution in [0.1, 0.15) is 18.9 Å². The van der Waals surface area contributed by atoms with Gasteiger partial charge in [-0.05, 0) is 36.3 Å². The Morgan fingerprint density at radius 1 is 1.38 bits per heavy atom. The minimum atomic E-state index is -0.270. The number of carbonyl (C=O) groups is 1. The van der Waals surface area contributed by atoms with Crippen molar-refractivity contribution in [2.24, 2.45) is 5.10 Å². The highest BCUT2D eigenvalue weighted by atomic mass is 19.1. The molecule has 1 aliphatic heterocycles. The summed E-state index contributed by atoms with van der Waals surface area (Å²) in [5.74, 6) is -0.395. The minimum absolute atomic E-state index is 0.126. The molecule has 3 nitrogen and oxygen atoms in total. The van der Waals surface area contributed by atoms with Crippen LogP contribution in [0.25, 0.3) is 6.08 Å². The van der Waals surface area contributed by atoms with E-state index < -0.39 is 0 Å². The second-order valence-corrected chi connectivity index (χ2v) is 3.63. The van der Waals surface area contributed by atoms with E-state index in [2.05, 4.69) is 10.5 Å². The molecule has 0 fully saturated rings. The van der Waals surface area contributed by atoms with Crippen molar-refractivity contribution in [3.8, 4) is 0 Å². The normalized spacial score (nSPS) is 18.2. The number of nitrogens with one attached hydrogen (secondary N) is 1. The third-order valence-electron chi connectivity index (χ3n) is 2.37. The highest BCUT2D eigenvalue weighted by Crippen LogP contribution is 2.14. The summed E-state index contributed by atoms with van der Waals surface area (Å²) >= 11 is 0. The van der Waals surface area contributed by atoms with Crippen LogP contribution in [-0.2, 0) is 4.79 Å². The van der Waals surface area contributed by atoms with Crippen LogP contribution in [0.3, 0.4) is 0 Å². The molecule has 0 unspecified atom stereocenters. The zero-order valence-electron chi connectivity index (χ0n) is 8.83. The third kappa shape index (κ3) is 2.34. The number of nitrogens with zero attached hydrogens (tertiary/aromatic N) is 1. The Morgan fingerprint density at radius 2 is 2.06 bits per heavy atom. The molecule has 1 amide bonds. The maximum Gasteiger partial charge on any atom is 0.244 e. The fourth-order valence-corrected chi connectivity index (χ4v) is 1.47. The highest BCUT2D eigenvalue weighted by molar-refractivity contribution is 6.08. The molecule has 2 rings (SSSR count). The molecule has 0 atom stereocenters. The molecule has 1 aromatic rings. The van der Waals surface area contributed by atoms with E-state index in [-0.39, 0.29) is 11.7 Å². The van der Waals surface area contributed by atoms with E-state index in [1.807, 2.05) is 13.0 Å². The van der Waals surface area contributed by atoms with Gasteiger partial charge in [0.05, 0.1) is 12.1 Å². The van der Waals surface area contributed by atoms with E-state index in [9.17, 15) is 9.18 Å². The first-order valence-corrected chi connectivity index (χ1v) is 4.95. The van der Waals surface area contributed by atoms with E-state index >= 15 is 0 Å². The van der Waals surface area contributed by atoms with E-state index in [4.69, 9.17) is 0 Å². The van der Waals surface area contributed by atoms with Crippen molar-refractivity contribution >= 4 is 17.7 Å². The summed E-state index contributed by atoms with van der Waals surface area (Å²) in [6, 6.07) is 6.12. The summed E-state index contributed by atoms with van der Waals surface area (Å²) in [6.45, 7) is 1.83. The Bertz CT molecular complexity index is 474. The maximum atomic E-state index is 12.7. The molecule has 0 aliphatic carbocycles. The van der Waals surface area contributed by atoms with Gasteiger partial charge in [-0.25, -0.2) is 9.82 Å². The van der Waals surface area contributed by atoms with Gasteiger partial charge < -0.3 is 0 Å². The zero-order valence-corrected chi connectivity index (χ0v) is 8.83. The van der Waals surface area contributed by atoms with Crippen LogP contribution in [0.2, 0.25) is 0 Å². The summed E-state index contributed by atoms with van der Waals surface area (Å²) in [7, 11) is 0. The van der Waals surface area contributed by atoms with Crippen LogP contribution in [-0.4, -0.2) is 11.6 Å². The Hall–Kier alpha value is -1.97. The Balaban J connectivity index is 2.29. The van der Waals surface area contributed by atoms with Gasteiger partial charge in [-0.2, -0.15) is 5.10 Å². The Morgan fingerprint density at radius 3 is 2.75 bits per heavy atom. The van der Waals surface area contributed by atoms with Crippen LogP contribution < -0.4 is 5.43 Å². The van der Waals surface area contributed by atoms with Gasteiger partial charge in [0.25, 0.3) is 0 Å². The van der Waals surface area contributed by atoms with Crippen molar-refractivity contribution in [2.75, 3.05) is 0 Å². The van der Waals surface area contributed by atoms with E-state index in [1.165, 1.54) is 12.1 Å². The lowest BCUT2D eigenvalue weighted by atomic mass is 10.0. The number of hydrogen-bond donors (Lipinski definition) is 1. The molecule has 0 saturated carbocycles. The quantitative estimate of drug-likeness (QED) is 0.770. The summed E-state index contributed by atoms with van der Waals surface area (Å²) in [6.07, 6.45) is 2.16. The molecular weight excluding hydrogens is 207 g/mol. The average Bonchev–Trinajstić information content (AvgIpc) is 2.27. The SMILES string of the molecule is CC1=NNC(=O)C/C1=C\c1ccc(F)cc1. The molecule has 1 aromatic carbocycles. The van der Waals surface area contributed by atoms with Crippen molar-refractivity contribution in [3.63, 3.8) is 0 Å². The number of halogens is 1. The number of carbonyl (C=O) groups excluding carboxylic acids is 1. The molecule has 1 N–H and O–H groups in total. The first-order chi connectivity index (χ1) is 7.65. The second-order valence-electron chi connectivity index (χ2n) is 3.63. The number of amides is 1. The largest absolute Gasteiger partial charge is 0.273 e. The van der Waals surface area contributed by atoms with Gasteiger partial charge in [0.15, 0.2) is 0 Å². The average molecular weight is 218 g/mol. The lowest BCUT2D eigenvalue weighted by Gasteiger charge is -2.12. The zero-order chi connectivity index (χ0) is 11.5. The number of rotatable bonds is 1. The lowest BCUT2D eigenvalue weighted by molar-refractivity contribution is -0.120. The van der Waals surface area contributed by atoms with Crippen LogP contribution in [0.15, 0.2) is 34.9 Å². The molecule has 0 saturated heterocycles. The number of hydrazone groups is 1. The number of benzene rings is 1. The van der Waals surface area contributed by atoms with Crippen molar-refractivity contribution in [1.82, 2.24) is 5.43 Å². The fraction of sp³-hybridized carbons (Fsp3) is 0.167. The molecule has 4 heteroatoms. The molecule has 1 aliphatic rings. The van der Waals surface area contributed by atoms with Gasteiger partial charge in [0, 0.05) is 0 Å². The lowest BCUT2D eigenvalue weighted by Crippen LogP contribution is -2.26. The molecule has 0 bridgehead atoms. The topological polar surface area (TPSA) is 41.5 Å². The molecule has 1 heterocycles. The van der Waals surface area contributed by atoms with Crippen LogP contribution in [0, 0.1) is 5.82 Å². The standard InChI is InChI=1S/C12H11FN2O/c1-8-10(7-12(16)15-14-8)6-9-2-4-11(13)5-3-9/h2-6H,7H2,1H3,(H,15,16)/b10-6+. The number of hydrogen-bond acceptors (Lipinski definition) is 2. The Labute approximate surface area is 92.7 Å². The molecule has 0 aromatic heterocycles. The van der Waals surface area contributed by atoms with Crippen molar-refractivity contribution in [3.05, 3.63) is 41.2 Å². The van der Waals surface area contributed by atoms with Crippen molar-refractivity contribution in [2.45, 2.75) is 13.3 Å². The fourth-order valence-electron chi connectivity index (χ4n) is 1.47. The van der Waals surface area contributed by atoms with Gasteiger partial charge in [-0.3, -0.25) is 4.79 Å². The molecule has 82 valence electrons. The van der Waals surface area contributed by atoms with E-state index in [0.717, 1.165) is 16.8 Å². The van der Waals surface area contributed by atoms with Gasteiger partial charge >= 0.3 is 0 Å². The smallest absolute Gasteiger partial charge is 0.244 e. The van der Waals surface area contributed by atoms with Gasteiger partial charge in [-0.15, -0.1) is 0 Å². The van der Waals surface area contributed by atoms with Crippen molar-refractivity contribution in [1.29, 1.82) is 0 Å². The predicted molar refractivity (Wildman–Crippen MR) is 60.2 cm³/mol. The van der Waals surface area contributed by atoms with Crippen molar-refractivity contribution < 1.29 is 9.18 Å². The third-order valence-corrected chi connectivity index (χ3v) is 2.37. The van der Waals surface area contributed by atoms with Crippen LogP contribution in [0.5, 0.6) is 0 Å². The van der Waals surface area contributed by atoms with Crippen LogP contribution in [0.4, 0.5) is 4.39 Å². The summed E-state index contributed by atoms with van der Waals surface area (Å²) < 4.78 is 12.7. The van der Waals surface area contributed by atoms with Gasteiger partial charge in [0.2, 0.25) is 5.91 Å². The molecule has 0 spiro atoms. The Kier molecular flexibility index (Phi) is 2.81.